The Morgan fingerprint density at radius 1 is 1.50 bits per heavy atom. The van der Waals surface area contributed by atoms with Crippen LogP contribution in [-0.2, 0) is 14.3 Å². The highest BCUT2D eigenvalue weighted by Gasteiger charge is 2.37. The summed E-state index contributed by atoms with van der Waals surface area (Å²) in [6.45, 7) is 1.60. The van der Waals surface area contributed by atoms with Gasteiger partial charge in [-0.3, -0.25) is 0 Å². The molecule has 0 spiro atoms. The van der Waals surface area contributed by atoms with E-state index in [0.717, 1.165) is 0 Å². The topological polar surface area (TPSA) is 96.2 Å². The fourth-order valence-corrected chi connectivity index (χ4v) is 1.26. The average molecular weight is 206 g/mol. The van der Waals surface area contributed by atoms with E-state index in [-0.39, 0.29) is 12.9 Å². The molecule has 82 valence electrons. The second-order valence-corrected chi connectivity index (χ2v) is 3.19. The minimum absolute atomic E-state index is 0.00840. The van der Waals surface area contributed by atoms with Gasteiger partial charge in [0.15, 0.2) is 12.6 Å². The molecule has 0 aromatic carbocycles. The van der Waals surface area contributed by atoms with Crippen molar-refractivity contribution in [3.63, 3.8) is 0 Å². The Bertz CT molecular complexity index is 196. The highest BCUT2D eigenvalue weighted by atomic mass is 16.7. The first-order chi connectivity index (χ1) is 6.56. The van der Waals surface area contributed by atoms with Gasteiger partial charge in [-0.25, -0.2) is 0 Å². The molecule has 0 amide bonds. The monoisotopic (exact) mass is 206 g/mol. The molecule has 1 unspecified atom stereocenters. The summed E-state index contributed by atoms with van der Waals surface area (Å²) in [6.07, 6.45) is -5.42. The molecule has 0 aromatic rings. The zero-order valence-electron chi connectivity index (χ0n) is 7.74. The lowest BCUT2D eigenvalue weighted by Crippen LogP contribution is -2.53. The summed E-state index contributed by atoms with van der Waals surface area (Å²) in [7, 11) is 0. The summed E-state index contributed by atoms with van der Waals surface area (Å²) >= 11 is 0. The SMILES string of the molecule is CC1OC[C@@H](O)[C@H]([C@H](O)[C@H](O)C=O)O1. The summed E-state index contributed by atoms with van der Waals surface area (Å²) in [5.41, 5.74) is 0. The normalized spacial score (nSPS) is 37.6. The van der Waals surface area contributed by atoms with Gasteiger partial charge in [0.2, 0.25) is 0 Å². The minimum Gasteiger partial charge on any atom is -0.388 e. The van der Waals surface area contributed by atoms with Crippen molar-refractivity contribution in [1.29, 1.82) is 0 Å². The average Bonchev–Trinajstić information content (AvgIpc) is 2.19. The van der Waals surface area contributed by atoms with E-state index in [9.17, 15) is 15.0 Å². The Hall–Kier alpha value is -0.530. The van der Waals surface area contributed by atoms with Crippen LogP contribution in [0.1, 0.15) is 6.92 Å². The van der Waals surface area contributed by atoms with E-state index in [2.05, 4.69) is 0 Å². The smallest absolute Gasteiger partial charge is 0.155 e. The number of aldehydes is 1. The van der Waals surface area contributed by atoms with E-state index in [0.29, 0.717) is 0 Å². The van der Waals surface area contributed by atoms with E-state index >= 15 is 0 Å². The number of rotatable bonds is 3. The minimum atomic E-state index is -1.56. The van der Waals surface area contributed by atoms with Crippen LogP contribution in [0.15, 0.2) is 0 Å². The third-order valence-electron chi connectivity index (χ3n) is 2.06. The predicted molar refractivity (Wildman–Crippen MR) is 44.4 cm³/mol. The highest BCUT2D eigenvalue weighted by Crippen LogP contribution is 2.17. The summed E-state index contributed by atoms with van der Waals surface area (Å²) < 4.78 is 9.97. The second kappa shape index (κ2) is 4.81. The zero-order valence-corrected chi connectivity index (χ0v) is 7.74. The fourth-order valence-electron chi connectivity index (χ4n) is 1.26. The molecule has 5 atom stereocenters. The maximum Gasteiger partial charge on any atom is 0.155 e. The van der Waals surface area contributed by atoms with E-state index < -0.39 is 30.7 Å². The van der Waals surface area contributed by atoms with Crippen molar-refractivity contribution in [1.82, 2.24) is 0 Å². The molecule has 1 saturated heterocycles. The van der Waals surface area contributed by atoms with E-state index in [1.54, 1.807) is 6.92 Å². The maximum absolute atomic E-state index is 10.2. The quantitative estimate of drug-likeness (QED) is 0.463. The van der Waals surface area contributed by atoms with Crippen molar-refractivity contribution >= 4 is 6.29 Å². The van der Waals surface area contributed by atoms with E-state index in [4.69, 9.17) is 14.6 Å². The van der Waals surface area contributed by atoms with Crippen molar-refractivity contribution < 1.29 is 29.6 Å². The highest BCUT2D eigenvalue weighted by molar-refractivity contribution is 5.56. The summed E-state index contributed by atoms with van der Waals surface area (Å²) in [4.78, 5) is 10.2. The molecule has 1 heterocycles. The Balaban J connectivity index is 2.59. The molecule has 6 nitrogen and oxygen atoms in total. The van der Waals surface area contributed by atoms with Crippen molar-refractivity contribution in [2.45, 2.75) is 37.6 Å². The molecule has 14 heavy (non-hydrogen) atoms. The summed E-state index contributed by atoms with van der Waals surface area (Å²) in [6, 6.07) is 0. The number of aliphatic hydroxyl groups excluding tert-OH is 3. The molecule has 0 aliphatic carbocycles. The third kappa shape index (κ3) is 2.49. The summed E-state index contributed by atoms with van der Waals surface area (Å²) in [5.74, 6) is 0. The molecule has 0 radical (unpaired) electrons. The largest absolute Gasteiger partial charge is 0.388 e. The Kier molecular flexibility index (Phi) is 3.97. The molecule has 1 fully saturated rings. The van der Waals surface area contributed by atoms with Crippen LogP contribution in [-0.4, -0.2) is 58.9 Å². The number of ether oxygens (including phenoxy) is 2. The molecule has 6 heteroatoms. The number of aliphatic hydroxyl groups is 3. The van der Waals surface area contributed by atoms with Gasteiger partial charge in [-0.15, -0.1) is 0 Å². The van der Waals surface area contributed by atoms with Crippen molar-refractivity contribution in [3.05, 3.63) is 0 Å². The molecule has 3 N–H and O–H groups in total. The molecule has 0 aromatic heterocycles. The zero-order chi connectivity index (χ0) is 10.7. The van der Waals surface area contributed by atoms with Crippen molar-refractivity contribution in [2.75, 3.05) is 6.61 Å². The predicted octanol–water partition coefficient (Wildman–Crippen LogP) is -1.97. The lowest BCUT2D eigenvalue weighted by Gasteiger charge is -2.35. The Morgan fingerprint density at radius 2 is 2.14 bits per heavy atom. The van der Waals surface area contributed by atoms with Gasteiger partial charge in [0.1, 0.15) is 24.4 Å². The fraction of sp³-hybridized carbons (Fsp3) is 0.875. The summed E-state index contributed by atoms with van der Waals surface area (Å²) in [5, 5.41) is 27.8. The van der Waals surface area contributed by atoms with Crippen LogP contribution in [0.25, 0.3) is 0 Å². The van der Waals surface area contributed by atoms with Crippen LogP contribution >= 0.6 is 0 Å². The number of hydrogen-bond acceptors (Lipinski definition) is 6. The second-order valence-electron chi connectivity index (χ2n) is 3.19. The van der Waals surface area contributed by atoms with Crippen LogP contribution in [0.4, 0.5) is 0 Å². The van der Waals surface area contributed by atoms with Gasteiger partial charge in [0.05, 0.1) is 6.61 Å². The standard InChI is InChI=1S/C8H14O6/c1-4-13-3-6(11)8(14-4)7(12)5(10)2-9/h2,4-8,10-12H,3H2,1H3/t4?,5-,6-,7-,8-/m1/s1. The molecule has 1 rings (SSSR count). The van der Waals surface area contributed by atoms with Gasteiger partial charge in [-0.05, 0) is 6.92 Å². The molecule has 1 aliphatic heterocycles. The molecular formula is C8H14O6. The van der Waals surface area contributed by atoms with Crippen LogP contribution < -0.4 is 0 Å². The van der Waals surface area contributed by atoms with Gasteiger partial charge in [-0.2, -0.15) is 0 Å². The van der Waals surface area contributed by atoms with Gasteiger partial charge < -0.3 is 29.6 Å². The first kappa shape index (κ1) is 11.5. The van der Waals surface area contributed by atoms with Gasteiger partial charge in [-0.1, -0.05) is 0 Å². The lowest BCUT2D eigenvalue weighted by atomic mass is 10.0. The van der Waals surface area contributed by atoms with Gasteiger partial charge >= 0.3 is 0 Å². The van der Waals surface area contributed by atoms with Crippen molar-refractivity contribution in [2.24, 2.45) is 0 Å². The molecule has 0 bridgehead atoms. The molecular weight excluding hydrogens is 192 g/mol. The van der Waals surface area contributed by atoms with Crippen molar-refractivity contribution in [3.8, 4) is 0 Å². The van der Waals surface area contributed by atoms with Crippen LogP contribution in [0.2, 0.25) is 0 Å². The number of carbonyl (C=O) groups excluding carboxylic acids is 1. The number of hydrogen-bond donors (Lipinski definition) is 3. The Labute approximate surface area is 81.1 Å². The van der Waals surface area contributed by atoms with Crippen LogP contribution in [0.5, 0.6) is 0 Å². The lowest BCUT2D eigenvalue weighted by molar-refractivity contribution is -0.270. The molecule has 0 saturated carbocycles. The first-order valence-corrected chi connectivity index (χ1v) is 4.33. The van der Waals surface area contributed by atoms with Gasteiger partial charge in [0, 0.05) is 0 Å². The van der Waals surface area contributed by atoms with E-state index in [1.165, 1.54) is 0 Å². The maximum atomic E-state index is 10.2. The number of carbonyl (C=O) groups is 1. The van der Waals surface area contributed by atoms with Crippen LogP contribution in [0, 0.1) is 0 Å². The first-order valence-electron chi connectivity index (χ1n) is 4.33. The van der Waals surface area contributed by atoms with E-state index in [1.807, 2.05) is 0 Å². The van der Waals surface area contributed by atoms with Gasteiger partial charge in [0.25, 0.3) is 0 Å². The van der Waals surface area contributed by atoms with Crippen LogP contribution in [0.3, 0.4) is 0 Å². The third-order valence-corrected chi connectivity index (χ3v) is 2.06. The molecule has 1 aliphatic rings. The Morgan fingerprint density at radius 3 is 2.71 bits per heavy atom.